The number of hydrogen-bond donors (Lipinski definition) is 0. The molecule has 0 spiro atoms. The third-order valence-electron chi connectivity index (χ3n) is 1.52. The molecule has 0 heterocycles. The second-order valence-corrected chi connectivity index (χ2v) is 6.70. The molecule has 0 saturated heterocycles. The van der Waals surface area contributed by atoms with Gasteiger partial charge in [0.2, 0.25) is 0 Å². The zero-order valence-corrected chi connectivity index (χ0v) is 9.61. The van der Waals surface area contributed by atoms with Gasteiger partial charge in [0, 0.05) is 10.7 Å². The molecule has 1 aromatic rings. The van der Waals surface area contributed by atoms with Crippen LogP contribution in [0.15, 0.2) is 29.2 Å². The van der Waals surface area contributed by atoms with E-state index in [0.717, 1.165) is 6.07 Å². The monoisotopic (exact) mass is 272 g/mol. The first-order valence-electron chi connectivity index (χ1n) is 3.64. The molecule has 8 heteroatoms. The van der Waals surface area contributed by atoms with Crippen molar-refractivity contribution in [1.82, 2.24) is 0 Å². The van der Waals surface area contributed by atoms with E-state index < -0.39 is 25.0 Å². The van der Waals surface area contributed by atoms with Gasteiger partial charge < -0.3 is 0 Å². The summed E-state index contributed by atoms with van der Waals surface area (Å²) in [5, 5.41) is 0. The van der Waals surface area contributed by atoms with Gasteiger partial charge in [0.1, 0.15) is 5.75 Å². The van der Waals surface area contributed by atoms with Gasteiger partial charge in [-0.3, -0.25) is 0 Å². The van der Waals surface area contributed by atoms with Crippen LogP contribution in [0.5, 0.6) is 0 Å². The van der Waals surface area contributed by atoms with E-state index in [1.165, 1.54) is 18.2 Å². The van der Waals surface area contributed by atoms with Crippen LogP contribution >= 0.6 is 10.7 Å². The van der Waals surface area contributed by atoms with Crippen LogP contribution in [0.3, 0.4) is 0 Å². The van der Waals surface area contributed by atoms with Crippen molar-refractivity contribution in [3.63, 3.8) is 0 Å². The summed E-state index contributed by atoms with van der Waals surface area (Å²) in [4.78, 5) is -0.259. The minimum absolute atomic E-state index is 0.0271. The van der Waals surface area contributed by atoms with Crippen molar-refractivity contribution in [2.75, 3.05) is 0 Å². The third-order valence-corrected chi connectivity index (χ3v) is 3.55. The molecular weight excluding hydrogens is 267 g/mol. The Bertz CT molecular complexity index is 564. The predicted octanol–water partition coefficient (Wildman–Crippen LogP) is 1.41. The molecule has 0 saturated carbocycles. The van der Waals surface area contributed by atoms with Crippen LogP contribution in [0.2, 0.25) is 0 Å². The Morgan fingerprint density at radius 1 is 1.20 bits per heavy atom. The second kappa shape index (κ2) is 4.07. The van der Waals surface area contributed by atoms with E-state index in [0.29, 0.717) is 0 Å². The lowest BCUT2D eigenvalue weighted by Gasteiger charge is -1.99. The molecule has 4 nitrogen and oxygen atoms in total. The van der Waals surface area contributed by atoms with E-state index in [2.05, 4.69) is 0 Å². The predicted molar refractivity (Wildman–Crippen MR) is 53.2 cm³/mol. The molecule has 0 unspecified atom stereocenters. The molecule has 1 rings (SSSR count). The molecule has 0 aliphatic rings. The van der Waals surface area contributed by atoms with Crippen molar-refractivity contribution >= 4 is 30.0 Å². The zero-order chi connectivity index (χ0) is 11.7. The van der Waals surface area contributed by atoms with Gasteiger partial charge in [-0.15, -0.1) is 3.89 Å². The molecule has 0 atom stereocenters. The fourth-order valence-electron chi connectivity index (χ4n) is 0.986. The van der Waals surface area contributed by atoms with Gasteiger partial charge in [-0.1, -0.05) is 12.1 Å². The van der Waals surface area contributed by atoms with E-state index in [1.54, 1.807) is 0 Å². The van der Waals surface area contributed by atoms with Gasteiger partial charge in [-0.25, -0.2) is 8.42 Å². The zero-order valence-electron chi connectivity index (χ0n) is 7.22. The molecule has 0 bridgehead atoms. The Kier molecular flexibility index (Phi) is 3.37. The first kappa shape index (κ1) is 12.4. The molecule has 1 aromatic carbocycles. The molecular formula is C7H6ClFO4S2. The van der Waals surface area contributed by atoms with Crippen molar-refractivity contribution in [1.29, 1.82) is 0 Å². The van der Waals surface area contributed by atoms with E-state index in [1.807, 2.05) is 0 Å². The van der Waals surface area contributed by atoms with Crippen LogP contribution in [0.25, 0.3) is 0 Å². The van der Waals surface area contributed by atoms with Crippen LogP contribution < -0.4 is 0 Å². The topological polar surface area (TPSA) is 68.3 Å². The van der Waals surface area contributed by atoms with Crippen LogP contribution in [0.1, 0.15) is 5.56 Å². The third kappa shape index (κ3) is 4.15. The fraction of sp³-hybridized carbons (Fsp3) is 0.143. The highest BCUT2D eigenvalue weighted by Crippen LogP contribution is 2.17. The Labute approximate surface area is 91.3 Å². The van der Waals surface area contributed by atoms with Crippen molar-refractivity contribution in [2.45, 2.75) is 10.6 Å². The maximum atomic E-state index is 12.3. The minimum atomic E-state index is -4.68. The first-order valence-corrected chi connectivity index (χ1v) is 7.50. The summed E-state index contributed by atoms with van der Waals surface area (Å²) >= 11 is 0. The normalized spacial score (nSPS) is 12.7. The number of halogens is 2. The molecule has 0 radical (unpaired) electrons. The summed E-state index contributed by atoms with van der Waals surface area (Å²) in [7, 11) is -3.57. The molecule has 84 valence electrons. The highest BCUT2D eigenvalue weighted by Gasteiger charge is 2.13. The summed E-state index contributed by atoms with van der Waals surface area (Å²) in [6.45, 7) is 0. The first-order chi connectivity index (χ1) is 6.68. The molecule has 0 fully saturated rings. The van der Waals surface area contributed by atoms with Crippen LogP contribution in [0.4, 0.5) is 3.89 Å². The Morgan fingerprint density at radius 2 is 1.80 bits per heavy atom. The molecule has 0 aliphatic heterocycles. The summed E-state index contributed by atoms with van der Waals surface area (Å²) in [5.74, 6) is -0.868. The smallest absolute Gasteiger partial charge is 0.207 e. The second-order valence-electron chi connectivity index (χ2n) is 2.77. The van der Waals surface area contributed by atoms with Gasteiger partial charge in [0.05, 0.1) is 4.90 Å². The van der Waals surface area contributed by atoms with E-state index in [4.69, 9.17) is 10.7 Å². The Balaban J connectivity index is 3.15. The highest BCUT2D eigenvalue weighted by atomic mass is 35.7. The summed E-state index contributed by atoms with van der Waals surface area (Å²) in [5.41, 5.74) is 0.0271. The molecule has 0 N–H and O–H groups in total. The fourth-order valence-corrected chi connectivity index (χ4v) is 2.38. The van der Waals surface area contributed by atoms with E-state index >= 15 is 0 Å². The van der Waals surface area contributed by atoms with Crippen LogP contribution in [-0.2, 0) is 25.0 Å². The van der Waals surface area contributed by atoms with E-state index in [-0.39, 0.29) is 10.5 Å². The molecule has 0 aromatic heterocycles. The molecule has 15 heavy (non-hydrogen) atoms. The van der Waals surface area contributed by atoms with Crippen LogP contribution in [-0.4, -0.2) is 16.8 Å². The lowest BCUT2D eigenvalue weighted by Crippen LogP contribution is -1.98. The van der Waals surface area contributed by atoms with Crippen molar-refractivity contribution in [3.05, 3.63) is 29.8 Å². The molecule has 0 aliphatic carbocycles. The van der Waals surface area contributed by atoms with E-state index in [9.17, 15) is 20.7 Å². The largest absolute Gasteiger partial charge is 0.306 e. The van der Waals surface area contributed by atoms with Gasteiger partial charge in [-0.2, -0.15) is 8.42 Å². The standard InChI is InChI=1S/C7H6ClFO4S2/c8-15(12,13)7-3-1-2-6(4-7)5-14(9,10)11/h1-4H,5H2. The number of rotatable bonds is 3. The highest BCUT2D eigenvalue weighted by molar-refractivity contribution is 8.13. The minimum Gasteiger partial charge on any atom is -0.207 e. The summed E-state index contributed by atoms with van der Waals surface area (Å²) < 4.78 is 54.7. The van der Waals surface area contributed by atoms with Gasteiger partial charge >= 0.3 is 10.2 Å². The Hall–Kier alpha value is -0.660. The van der Waals surface area contributed by atoms with Crippen molar-refractivity contribution < 1.29 is 20.7 Å². The van der Waals surface area contributed by atoms with Crippen molar-refractivity contribution in [3.8, 4) is 0 Å². The van der Waals surface area contributed by atoms with Gasteiger partial charge in [-0.05, 0) is 17.7 Å². The average molecular weight is 273 g/mol. The maximum Gasteiger partial charge on any atom is 0.306 e. The quantitative estimate of drug-likeness (QED) is 0.780. The number of hydrogen-bond acceptors (Lipinski definition) is 4. The average Bonchev–Trinajstić information content (AvgIpc) is 1.99. The lowest BCUT2D eigenvalue weighted by atomic mass is 10.2. The maximum absolute atomic E-state index is 12.3. The summed E-state index contributed by atoms with van der Waals surface area (Å²) in [6.07, 6.45) is 0. The SMILES string of the molecule is O=S(=O)(F)Cc1cccc(S(=O)(=O)Cl)c1. The summed E-state index contributed by atoms with van der Waals surface area (Å²) in [6, 6.07) is 4.79. The molecule has 0 amide bonds. The number of benzene rings is 1. The van der Waals surface area contributed by atoms with Crippen LogP contribution in [0, 0.1) is 0 Å². The van der Waals surface area contributed by atoms with Gasteiger partial charge in [0.15, 0.2) is 0 Å². The van der Waals surface area contributed by atoms with Crippen molar-refractivity contribution in [2.24, 2.45) is 0 Å². The van der Waals surface area contributed by atoms with Gasteiger partial charge in [0.25, 0.3) is 9.05 Å². The Morgan fingerprint density at radius 3 is 2.27 bits per heavy atom. The lowest BCUT2D eigenvalue weighted by molar-refractivity contribution is 0.551.